The van der Waals surface area contributed by atoms with Crippen molar-refractivity contribution in [2.45, 2.75) is 19.4 Å². The minimum atomic E-state index is -3.63. The van der Waals surface area contributed by atoms with Crippen molar-refractivity contribution in [2.24, 2.45) is 0 Å². The number of sulfonamides is 1. The van der Waals surface area contributed by atoms with E-state index in [1.54, 1.807) is 36.1 Å². The van der Waals surface area contributed by atoms with Crippen molar-refractivity contribution in [3.8, 4) is 0 Å². The fraction of sp³-hybridized carbons (Fsp3) is 0.533. The van der Waals surface area contributed by atoms with Crippen LogP contribution >= 0.6 is 11.6 Å². The lowest BCUT2D eigenvalue weighted by molar-refractivity contribution is -0.136. The molecular weight excluding hydrogens is 340 g/mol. The van der Waals surface area contributed by atoms with Crippen LogP contribution in [0.4, 0.5) is 5.69 Å². The number of rotatable bonds is 5. The first kappa shape index (κ1) is 18.0. The van der Waals surface area contributed by atoms with Gasteiger partial charge in [0.1, 0.15) is 6.04 Å². The number of amides is 1. The first-order valence-corrected chi connectivity index (χ1v) is 9.68. The van der Waals surface area contributed by atoms with Crippen LogP contribution < -0.4 is 4.31 Å². The first-order chi connectivity index (χ1) is 10.8. The zero-order valence-electron chi connectivity index (χ0n) is 13.2. The van der Waals surface area contributed by atoms with Crippen molar-refractivity contribution >= 4 is 33.2 Å². The third kappa shape index (κ3) is 4.37. The van der Waals surface area contributed by atoms with E-state index in [4.69, 9.17) is 16.3 Å². The van der Waals surface area contributed by atoms with E-state index in [0.29, 0.717) is 43.4 Å². The summed E-state index contributed by atoms with van der Waals surface area (Å²) in [4.78, 5) is 14.5. The van der Waals surface area contributed by atoms with Gasteiger partial charge in [0.15, 0.2) is 0 Å². The number of morpholine rings is 1. The number of hydrogen-bond donors (Lipinski definition) is 0. The van der Waals surface area contributed by atoms with E-state index in [1.165, 1.54) is 0 Å². The molecule has 1 aromatic carbocycles. The number of anilines is 1. The van der Waals surface area contributed by atoms with Gasteiger partial charge in [-0.05, 0) is 24.6 Å². The normalized spacial score (nSPS) is 16.9. The molecule has 8 heteroatoms. The van der Waals surface area contributed by atoms with Crippen molar-refractivity contribution in [1.29, 1.82) is 0 Å². The Kier molecular flexibility index (Phi) is 5.89. The highest BCUT2D eigenvalue weighted by Gasteiger charge is 2.34. The van der Waals surface area contributed by atoms with Crippen LogP contribution in [-0.4, -0.2) is 57.8 Å². The standard InChI is InChI=1S/C15H21ClN2O4S/c1-3-14(15(19)17-7-9-22-10-8-17)18(23(2,20)21)13-6-4-5-12(16)11-13/h4-6,11,14H,3,7-10H2,1-2H3. The van der Waals surface area contributed by atoms with Crippen molar-refractivity contribution in [1.82, 2.24) is 4.90 Å². The molecule has 1 atom stereocenters. The van der Waals surface area contributed by atoms with Crippen LogP contribution in [0.15, 0.2) is 24.3 Å². The summed E-state index contributed by atoms with van der Waals surface area (Å²) in [7, 11) is -3.63. The highest BCUT2D eigenvalue weighted by atomic mass is 35.5. The molecule has 1 unspecified atom stereocenters. The third-order valence-corrected chi connectivity index (χ3v) is 5.11. The van der Waals surface area contributed by atoms with Gasteiger partial charge in [0.2, 0.25) is 15.9 Å². The van der Waals surface area contributed by atoms with Gasteiger partial charge in [0.05, 0.1) is 25.2 Å². The van der Waals surface area contributed by atoms with Gasteiger partial charge in [-0.3, -0.25) is 9.10 Å². The van der Waals surface area contributed by atoms with Gasteiger partial charge in [0, 0.05) is 18.1 Å². The molecule has 6 nitrogen and oxygen atoms in total. The Balaban J connectivity index is 2.38. The summed E-state index contributed by atoms with van der Waals surface area (Å²) in [5, 5.41) is 0.421. The van der Waals surface area contributed by atoms with E-state index in [-0.39, 0.29) is 5.91 Å². The van der Waals surface area contributed by atoms with E-state index >= 15 is 0 Å². The molecule has 1 aliphatic heterocycles. The Bertz CT molecular complexity index is 659. The Hall–Kier alpha value is -1.31. The molecule has 0 N–H and O–H groups in total. The average molecular weight is 361 g/mol. The van der Waals surface area contributed by atoms with Crippen LogP contribution in [0.1, 0.15) is 13.3 Å². The van der Waals surface area contributed by atoms with Crippen LogP contribution in [0.2, 0.25) is 5.02 Å². The number of carbonyl (C=O) groups excluding carboxylic acids is 1. The van der Waals surface area contributed by atoms with Crippen molar-refractivity contribution in [3.63, 3.8) is 0 Å². The molecule has 1 aliphatic rings. The van der Waals surface area contributed by atoms with Gasteiger partial charge < -0.3 is 9.64 Å². The van der Waals surface area contributed by atoms with Crippen LogP contribution in [0, 0.1) is 0 Å². The maximum atomic E-state index is 12.8. The minimum absolute atomic E-state index is 0.207. The second-order valence-corrected chi connectivity index (χ2v) is 7.70. The summed E-state index contributed by atoms with van der Waals surface area (Å²) in [5.74, 6) is -0.207. The van der Waals surface area contributed by atoms with E-state index in [1.807, 2.05) is 0 Å². The van der Waals surface area contributed by atoms with E-state index < -0.39 is 16.1 Å². The van der Waals surface area contributed by atoms with Gasteiger partial charge in [-0.15, -0.1) is 0 Å². The largest absolute Gasteiger partial charge is 0.378 e. The third-order valence-electron chi connectivity index (χ3n) is 3.70. The monoisotopic (exact) mass is 360 g/mol. The minimum Gasteiger partial charge on any atom is -0.378 e. The second kappa shape index (κ2) is 7.51. The van der Waals surface area contributed by atoms with Crippen LogP contribution in [0.25, 0.3) is 0 Å². The highest BCUT2D eigenvalue weighted by molar-refractivity contribution is 7.92. The molecule has 0 spiro atoms. The highest BCUT2D eigenvalue weighted by Crippen LogP contribution is 2.26. The summed E-state index contributed by atoms with van der Waals surface area (Å²) in [6.45, 7) is 3.69. The van der Waals surface area contributed by atoms with Gasteiger partial charge in [-0.1, -0.05) is 24.6 Å². The number of ether oxygens (including phenoxy) is 1. The number of carbonyl (C=O) groups is 1. The molecule has 0 bridgehead atoms. The lowest BCUT2D eigenvalue weighted by atomic mass is 10.1. The van der Waals surface area contributed by atoms with Crippen LogP contribution in [-0.2, 0) is 19.6 Å². The zero-order chi connectivity index (χ0) is 17.0. The molecule has 128 valence electrons. The molecule has 0 aromatic heterocycles. The maximum absolute atomic E-state index is 12.8. The number of hydrogen-bond acceptors (Lipinski definition) is 4. The molecule has 0 aliphatic carbocycles. The number of nitrogens with zero attached hydrogens (tertiary/aromatic N) is 2. The summed E-state index contributed by atoms with van der Waals surface area (Å²) < 4.78 is 31.0. The summed E-state index contributed by atoms with van der Waals surface area (Å²) in [6, 6.07) is 5.74. The van der Waals surface area contributed by atoms with Crippen LogP contribution in [0.5, 0.6) is 0 Å². The molecule has 23 heavy (non-hydrogen) atoms. The zero-order valence-corrected chi connectivity index (χ0v) is 14.8. The molecule has 2 rings (SSSR count). The topological polar surface area (TPSA) is 66.9 Å². The average Bonchev–Trinajstić information content (AvgIpc) is 2.51. The lowest BCUT2D eigenvalue weighted by Crippen LogP contribution is -2.53. The summed E-state index contributed by atoms with van der Waals surface area (Å²) >= 11 is 5.98. The summed E-state index contributed by atoms with van der Waals surface area (Å²) in [6.07, 6.45) is 1.47. The van der Waals surface area contributed by atoms with Crippen LogP contribution in [0.3, 0.4) is 0 Å². The fourth-order valence-electron chi connectivity index (χ4n) is 2.65. The van der Waals surface area contributed by atoms with Gasteiger partial charge in [-0.25, -0.2) is 8.42 Å². The predicted molar refractivity (Wildman–Crippen MR) is 90.3 cm³/mol. The second-order valence-electron chi connectivity index (χ2n) is 5.40. The number of halogens is 1. The van der Waals surface area contributed by atoms with Crippen molar-refractivity contribution in [2.75, 3.05) is 36.9 Å². The summed E-state index contributed by atoms with van der Waals surface area (Å²) in [5.41, 5.74) is 0.397. The van der Waals surface area contributed by atoms with Gasteiger partial charge >= 0.3 is 0 Å². The SMILES string of the molecule is CCC(C(=O)N1CCOCC1)N(c1cccc(Cl)c1)S(C)(=O)=O. The van der Waals surface area contributed by atoms with Gasteiger partial charge in [0.25, 0.3) is 0 Å². The molecule has 1 saturated heterocycles. The Morgan fingerprint density at radius 3 is 2.57 bits per heavy atom. The molecule has 1 fully saturated rings. The molecular formula is C15H21ClN2O4S. The molecule has 1 aromatic rings. The predicted octanol–water partition coefficient (Wildman–Crippen LogP) is 1.74. The van der Waals surface area contributed by atoms with Gasteiger partial charge in [-0.2, -0.15) is 0 Å². The van der Waals surface area contributed by atoms with Crippen molar-refractivity contribution in [3.05, 3.63) is 29.3 Å². The van der Waals surface area contributed by atoms with E-state index in [0.717, 1.165) is 10.6 Å². The molecule has 1 heterocycles. The molecule has 1 amide bonds. The van der Waals surface area contributed by atoms with Crippen molar-refractivity contribution < 1.29 is 17.9 Å². The molecule has 0 radical (unpaired) electrons. The molecule has 0 saturated carbocycles. The van der Waals surface area contributed by atoms with E-state index in [9.17, 15) is 13.2 Å². The Morgan fingerprint density at radius 2 is 2.04 bits per heavy atom. The lowest BCUT2D eigenvalue weighted by Gasteiger charge is -2.35. The Morgan fingerprint density at radius 1 is 1.39 bits per heavy atom. The van der Waals surface area contributed by atoms with E-state index in [2.05, 4.69) is 0 Å². The maximum Gasteiger partial charge on any atom is 0.246 e. The first-order valence-electron chi connectivity index (χ1n) is 7.46. The smallest absolute Gasteiger partial charge is 0.246 e. The Labute approximate surface area is 142 Å². The number of benzene rings is 1. The fourth-order valence-corrected chi connectivity index (χ4v) is 4.03. The quantitative estimate of drug-likeness (QED) is 0.802.